The Hall–Kier alpha value is -0.840. The third-order valence-electron chi connectivity index (χ3n) is 2.96. The highest BCUT2D eigenvalue weighted by Crippen LogP contribution is 2.40. The number of halogens is 1. The summed E-state index contributed by atoms with van der Waals surface area (Å²) in [6.45, 7) is 0.730. The standard InChI is InChI=1S/C10H12BrN3O/c11-7-3-10(15)14(5-7)9-4-8(12-13-9)6-1-2-6/h4,6-7H,1-3,5H2,(H,12,13). The number of alkyl halides is 1. The summed E-state index contributed by atoms with van der Waals surface area (Å²) >= 11 is 3.46. The van der Waals surface area contributed by atoms with Crippen molar-refractivity contribution in [2.75, 3.05) is 11.4 Å². The minimum Gasteiger partial charge on any atom is -0.294 e. The Kier molecular flexibility index (Phi) is 2.09. The van der Waals surface area contributed by atoms with Crippen LogP contribution in [0.1, 0.15) is 30.9 Å². The fraction of sp³-hybridized carbons (Fsp3) is 0.600. The fourth-order valence-corrected chi connectivity index (χ4v) is 2.52. The van der Waals surface area contributed by atoms with Crippen molar-refractivity contribution < 1.29 is 4.79 Å². The third-order valence-corrected chi connectivity index (χ3v) is 3.57. The summed E-state index contributed by atoms with van der Waals surface area (Å²) in [5.74, 6) is 1.60. The Morgan fingerprint density at radius 1 is 1.53 bits per heavy atom. The lowest BCUT2D eigenvalue weighted by atomic mass is 10.3. The highest BCUT2D eigenvalue weighted by molar-refractivity contribution is 9.09. The van der Waals surface area contributed by atoms with Gasteiger partial charge in [0.2, 0.25) is 5.91 Å². The molecule has 1 saturated carbocycles. The van der Waals surface area contributed by atoms with Crippen molar-refractivity contribution in [3.63, 3.8) is 0 Å². The summed E-state index contributed by atoms with van der Waals surface area (Å²) in [6.07, 6.45) is 3.07. The number of aromatic nitrogens is 2. The molecule has 0 bridgehead atoms. The van der Waals surface area contributed by atoms with E-state index in [2.05, 4.69) is 26.1 Å². The molecule has 1 atom stereocenters. The van der Waals surface area contributed by atoms with E-state index in [9.17, 15) is 4.79 Å². The minimum atomic E-state index is 0.158. The number of anilines is 1. The van der Waals surface area contributed by atoms with Crippen LogP contribution in [0.3, 0.4) is 0 Å². The number of nitrogens with zero attached hydrogens (tertiary/aromatic N) is 2. The molecule has 2 heterocycles. The number of rotatable bonds is 2. The van der Waals surface area contributed by atoms with Gasteiger partial charge in [0.1, 0.15) is 0 Å². The van der Waals surface area contributed by atoms with E-state index in [0.29, 0.717) is 12.3 Å². The molecule has 2 fully saturated rings. The molecule has 80 valence electrons. The second kappa shape index (κ2) is 3.33. The van der Waals surface area contributed by atoms with Crippen LogP contribution in [0.25, 0.3) is 0 Å². The number of hydrogen-bond acceptors (Lipinski definition) is 2. The van der Waals surface area contributed by atoms with Gasteiger partial charge in [0.15, 0.2) is 5.82 Å². The SMILES string of the molecule is O=C1CC(Br)CN1c1cc(C2CC2)[nH]n1. The Morgan fingerprint density at radius 2 is 2.33 bits per heavy atom. The van der Waals surface area contributed by atoms with Crippen LogP contribution in [0.2, 0.25) is 0 Å². The highest BCUT2D eigenvalue weighted by atomic mass is 79.9. The molecule has 0 aromatic carbocycles. The van der Waals surface area contributed by atoms with Crippen LogP contribution in [0.4, 0.5) is 5.82 Å². The topological polar surface area (TPSA) is 49.0 Å². The number of H-pyrrole nitrogens is 1. The first-order valence-electron chi connectivity index (χ1n) is 5.24. The summed E-state index contributed by atoms with van der Waals surface area (Å²) in [6, 6.07) is 2.01. The molecular weight excluding hydrogens is 258 g/mol. The van der Waals surface area contributed by atoms with Gasteiger partial charge >= 0.3 is 0 Å². The molecule has 5 heteroatoms. The van der Waals surface area contributed by atoms with Gasteiger partial charge in [-0.25, -0.2) is 0 Å². The van der Waals surface area contributed by atoms with Gasteiger partial charge in [-0.3, -0.25) is 14.8 Å². The van der Waals surface area contributed by atoms with Gasteiger partial charge < -0.3 is 0 Å². The zero-order chi connectivity index (χ0) is 10.4. The monoisotopic (exact) mass is 269 g/mol. The van der Waals surface area contributed by atoms with Gasteiger partial charge in [-0.2, -0.15) is 5.10 Å². The van der Waals surface area contributed by atoms with Crippen molar-refractivity contribution in [1.29, 1.82) is 0 Å². The predicted octanol–water partition coefficient (Wildman–Crippen LogP) is 1.79. The number of carbonyl (C=O) groups is 1. The molecule has 0 spiro atoms. The van der Waals surface area contributed by atoms with Crippen molar-refractivity contribution in [2.24, 2.45) is 0 Å². The molecule has 1 amide bonds. The summed E-state index contributed by atoms with van der Waals surface area (Å²) in [4.78, 5) is 13.6. The molecule has 1 unspecified atom stereocenters. The highest BCUT2D eigenvalue weighted by Gasteiger charge is 2.32. The van der Waals surface area contributed by atoms with Crippen molar-refractivity contribution in [3.8, 4) is 0 Å². The zero-order valence-corrected chi connectivity index (χ0v) is 9.83. The molecule has 0 radical (unpaired) electrons. The van der Waals surface area contributed by atoms with E-state index in [1.54, 1.807) is 4.90 Å². The van der Waals surface area contributed by atoms with Crippen molar-refractivity contribution in [2.45, 2.75) is 30.0 Å². The van der Waals surface area contributed by atoms with Crippen LogP contribution >= 0.6 is 15.9 Å². The van der Waals surface area contributed by atoms with Crippen molar-refractivity contribution in [3.05, 3.63) is 11.8 Å². The number of nitrogens with one attached hydrogen (secondary N) is 1. The molecule has 1 aliphatic heterocycles. The predicted molar refractivity (Wildman–Crippen MR) is 60.2 cm³/mol. The van der Waals surface area contributed by atoms with E-state index in [0.717, 1.165) is 12.4 Å². The summed E-state index contributed by atoms with van der Waals surface area (Å²) in [5.41, 5.74) is 1.18. The van der Waals surface area contributed by atoms with Crippen LogP contribution in [0.5, 0.6) is 0 Å². The van der Waals surface area contributed by atoms with Gasteiger partial charge in [-0.1, -0.05) is 15.9 Å². The summed E-state index contributed by atoms with van der Waals surface area (Å²) in [5, 5.41) is 7.22. The summed E-state index contributed by atoms with van der Waals surface area (Å²) < 4.78 is 0. The van der Waals surface area contributed by atoms with E-state index in [-0.39, 0.29) is 10.7 Å². The van der Waals surface area contributed by atoms with Crippen LogP contribution in [-0.2, 0) is 4.79 Å². The van der Waals surface area contributed by atoms with Crippen LogP contribution in [0, 0.1) is 0 Å². The van der Waals surface area contributed by atoms with Crippen LogP contribution in [-0.4, -0.2) is 27.5 Å². The maximum Gasteiger partial charge on any atom is 0.229 e. The summed E-state index contributed by atoms with van der Waals surface area (Å²) in [7, 11) is 0. The molecule has 1 aliphatic carbocycles. The zero-order valence-electron chi connectivity index (χ0n) is 8.24. The lowest BCUT2D eigenvalue weighted by Gasteiger charge is -2.10. The Labute approximate surface area is 96.2 Å². The molecular formula is C10H12BrN3O. The Morgan fingerprint density at radius 3 is 2.93 bits per heavy atom. The van der Waals surface area contributed by atoms with Gasteiger partial charge in [0, 0.05) is 35.5 Å². The normalized spacial score (nSPS) is 26.3. The van der Waals surface area contributed by atoms with Crippen LogP contribution < -0.4 is 4.90 Å². The van der Waals surface area contributed by atoms with Gasteiger partial charge in [-0.05, 0) is 12.8 Å². The van der Waals surface area contributed by atoms with E-state index in [1.807, 2.05) is 6.07 Å². The van der Waals surface area contributed by atoms with E-state index in [4.69, 9.17) is 0 Å². The number of aromatic amines is 1. The van der Waals surface area contributed by atoms with Gasteiger partial charge in [-0.15, -0.1) is 0 Å². The Balaban J connectivity index is 1.82. The third kappa shape index (κ3) is 1.69. The van der Waals surface area contributed by atoms with Crippen molar-refractivity contribution in [1.82, 2.24) is 10.2 Å². The largest absolute Gasteiger partial charge is 0.294 e. The molecule has 2 aliphatic rings. The number of carbonyl (C=O) groups excluding carboxylic acids is 1. The average Bonchev–Trinajstić information content (AvgIpc) is 2.83. The number of hydrogen-bond donors (Lipinski definition) is 1. The second-order valence-electron chi connectivity index (χ2n) is 4.26. The van der Waals surface area contributed by atoms with Crippen molar-refractivity contribution >= 4 is 27.7 Å². The van der Waals surface area contributed by atoms with Gasteiger partial charge in [0.05, 0.1) is 0 Å². The van der Waals surface area contributed by atoms with E-state index >= 15 is 0 Å². The number of amides is 1. The maximum absolute atomic E-state index is 11.6. The lowest BCUT2D eigenvalue weighted by Crippen LogP contribution is -2.24. The molecule has 15 heavy (non-hydrogen) atoms. The molecule has 1 aromatic rings. The average molecular weight is 270 g/mol. The molecule has 1 aromatic heterocycles. The maximum atomic E-state index is 11.6. The molecule has 1 saturated heterocycles. The minimum absolute atomic E-state index is 0.158. The van der Waals surface area contributed by atoms with E-state index in [1.165, 1.54) is 18.5 Å². The molecule has 3 rings (SSSR count). The van der Waals surface area contributed by atoms with Crippen LogP contribution in [0.15, 0.2) is 6.07 Å². The fourth-order valence-electron chi connectivity index (χ4n) is 1.95. The first-order valence-corrected chi connectivity index (χ1v) is 6.15. The van der Waals surface area contributed by atoms with E-state index < -0.39 is 0 Å². The van der Waals surface area contributed by atoms with Gasteiger partial charge in [0.25, 0.3) is 0 Å². The Bertz CT molecular complexity index is 399. The molecule has 1 N–H and O–H groups in total. The quantitative estimate of drug-likeness (QED) is 0.833. The second-order valence-corrected chi connectivity index (χ2v) is 5.56. The smallest absolute Gasteiger partial charge is 0.229 e. The first kappa shape index (κ1) is 9.39. The molecule has 4 nitrogen and oxygen atoms in total. The first-order chi connectivity index (χ1) is 7.24. The lowest BCUT2D eigenvalue weighted by molar-refractivity contribution is -0.117.